The van der Waals surface area contributed by atoms with Crippen molar-refractivity contribution in [2.24, 2.45) is 0 Å². The minimum Gasteiger partial charge on any atom is -0.497 e. The van der Waals surface area contributed by atoms with E-state index in [1.807, 2.05) is 72.8 Å². The first-order chi connectivity index (χ1) is 16.1. The molecule has 33 heavy (non-hydrogen) atoms. The number of fused-ring (bicyclic) bond motifs is 1. The van der Waals surface area contributed by atoms with Gasteiger partial charge in [-0.15, -0.1) is 0 Å². The van der Waals surface area contributed by atoms with Crippen molar-refractivity contribution in [1.82, 2.24) is 9.78 Å². The van der Waals surface area contributed by atoms with Gasteiger partial charge >= 0.3 is 0 Å². The number of ether oxygens (including phenoxy) is 1. The monoisotopic (exact) mass is 439 g/mol. The third kappa shape index (κ3) is 4.51. The molecule has 0 atom stereocenters. The molecule has 1 aliphatic carbocycles. The Balaban J connectivity index is 1.38. The van der Waals surface area contributed by atoms with Crippen LogP contribution < -0.4 is 10.1 Å². The normalized spacial score (nSPS) is 13.7. The molecule has 5 rings (SSSR count). The fourth-order valence-electron chi connectivity index (χ4n) is 4.27. The molecule has 1 amide bonds. The summed E-state index contributed by atoms with van der Waals surface area (Å²) in [6.07, 6.45) is 1.30. The topological polar surface area (TPSA) is 73.2 Å². The van der Waals surface area contributed by atoms with Gasteiger partial charge in [0.25, 0.3) is 0 Å². The van der Waals surface area contributed by atoms with Gasteiger partial charge in [0.15, 0.2) is 0 Å². The van der Waals surface area contributed by atoms with Crippen LogP contribution in [0.15, 0.2) is 72.8 Å². The number of nitrogens with one attached hydrogen (secondary N) is 1. The summed E-state index contributed by atoms with van der Waals surface area (Å²) < 4.78 is 7.05. The van der Waals surface area contributed by atoms with Crippen molar-refractivity contribution in [1.29, 1.82) is 0 Å². The van der Waals surface area contributed by atoms with E-state index in [4.69, 9.17) is 9.84 Å². The molecule has 0 saturated heterocycles. The van der Waals surface area contributed by atoms with Crippen LogP contribution in [-0.4, -0.2) is 28.6 Å². The van der Waals surface area contributed by atoms with Crippen LogP contribution in [0.5, 0.6) is 5.75 Å². The Morgan fingerprint density at radius 1 is 1.06 bits per heavy atom. The first-order valence-electron chi connectivity index (χ1n) is 11.1. The molecule has 1 N–H and O–H groups in total. The fourth-order valence-corrected chi connectivity index (χ4v) is 4.27. The maximum atomic E-state index is 13.0. The van der Waals surface area contributed by atoms with E-state index in [0.717, 1.165) is 33.3 Å². The molecule has 0 unspecified atom stereocenters. The molecule has 0 bridgehead atoms. The molecule has 0 aliphatic heterocycles. The van der Waals surface area contributed by atoms with Crippen LogP contribution in [0.2, 0.25) is 0 Å². The SMILES string of the molecule is COc1ccc(Cn2nc(C3CC(=O)C3)cc2NC(=O)Cc2cccc3ccccc23)cc1. The lowest BCUT2D eigenvalue weighted by Gasteiger charge is -2.21. The number of carbonyl (C=O) groups excluding carboxylic acids is 2. The van der Waals surface area contributed by atoms with Crippen LogP contribution in [0.4, 0.5) is 5.82 Å². The average molecular weight is 440 g/mol. The second-order valence-electron chi connectivity index (χ2n) is 8.47. The number of methoxy groups -OCH3 is 1. The Bertz CT molecular complexity index is 1310. The first-order valence-corrected chi connectivity index (χ1v) is 11.1. The van der Waals surface area contributed by atoms with Crippen molar-refractivity contribution in [3.63, 3.8) is 0 Å². The number of ketones is 1. The highest BCUT2D eigenvalue weighted by Crippen LogP contribution is 2.34. The van der Waals surface area contributed by atoms with Crippen molar-refractivity contribution in [3.8, 4) is 5.75 Å². The zero-order valence-corrected chi connectivity index (χ0v) is 18.5. The molecular formula is C27H25N3O3. The number of benzene rings is 3. The Hall–Kier alpha value is -3.93. The molecule has 6 nitrogen and oxygen atoms in total. The largest absolute Gasteiger partial charge is 0.497 e. The van der Waals surface area contributed by atoms with E-state index in [1.54, 1.807) is 11.8 Å². The third-order valence-corrected chi connectivity index (χ3v) is 6.16. The number of anilines is 1. The summed E-state index contributed by atoms with van der Waals surface area (Å²) in [5, 5.41) is 9.98. The lowest BCUT2D eigenvalue weighted by molar-refractivity contribution is -0.124. The molecule has 0 spiro atoms. The van der Waals surface area contributed by atoms with Crippen molar-refractivity contribution >= 4 is 28.3 Å². The van der Waals surface area contributed by atoms with Crippen LogP contribution in [0.1, 0.15) is 35.6 Å². The molecule has 1 saturated carbocycles. The summed E-state index contributed by atoms with van der Waals surface area (Å²) in [4.78, 5) is 24.5. The van der Waals surface area contributed by atoms with Crippen molar-refractivity contribution in [3.05, 3.63) is 89.6 Å². The molecule has 1 aliphatic rings. The van der Waals surface area contributed by atoms with Gasteiger partial charge in [-0.2, -0.15) is 5.10 Å². The predicted octanol–water partition coefficient (Wildman–Crippen LogP) is 4.72. The number of aromatic nitrogens is 2. The highest BCUT2D eigenvalue weighted by Gasteiger charge is 2.31. The molecule has 3 aromatic carbocycles. The molecular weight excluding hydrogens is 414 g/mol. The quantitative estimate of drug-likeness (QED) is 0.452. The van der Waals surface area contributed by atoms with Gasteiger partial charge in [0.05, 0.1) is 25.8 Å². The van der Waals surface area contributed by atoms with Gasteiger partial charge in [0, 0.05) is 24.8 Å². The smallest absolute Gasteiger partial charge is 0.229 e. The van der Waals surface area contributed by atoms with E-state index in [2.05, 4.69) is 5.32 Å². The molecule has 0 radical (unpaired) electrons. The van der Waals surface area contributed by atoms with Crippen LogP contribution >= 0.6 is 0 Å². The zero-order valence-electron chi connectivity index (χ0n) is 18.5. The van der Waals surface area contributed by atoms with Crippen molar-refractivity contribution in [2.45, 2.75) is 31.7 Å². The summed E-state index contributed by atoms with van der Waals surface area (Å²) >= 11 is 0. The number of rotatable bonds is 7. The van der Waals surface area contributed by atoms with Crippen LogP contribution in [0, 0.1) is 0 Å². The van der Waals surface area contributed by atoms with Gasteiger partial charge in [0.2, 0.25) is 5.91 Å². The Kier molecular flexibility index (Phi) is 5.65. The number of Topliss-reactive ketones (excluding diaryl/α,β-unsaturated/α-hetero) is 1. The van der Waals surface area contributed by atoms with E-state index < -0.39 is 0 Å². The third-order valence-electron chi connectivity index (χ3n) is 6.16. The van der Waals surface area contributed by atoms with E-state index in [-0.39, 0.29) is 24.0 Å². The average Bonchev–Trinajstić information content (AvgIpc) is 3.19. The van der Waals surface area contributed by atoms with Gasteiger partial charge in [-0.25, -0.2) is 4.68 Å². The Morgan fingerprint density at radius 3 is 2.58 bits per heavy atom. The molecule has 4 aromatic rings. The van der Waals surface area contributed by atoms with E-state index in [0.29, 0.717) is 25.2 Å². The molecule has 1 fully saturated rings. The van der Waals surface area contributed by atoms with Crippen LogP contribution in [-0.2, 0) is 22.6 Å². The van der Waals surface area contributed by atoms with Crippen LogP contribution in [0.25, 0.3) is 10.8 Å². The van der Waals surface area contributed by atoms with Crippen LogP contribution in [0.3, 0.4) is 0 Å². The zero-order chi connectivity index (χ0) is 22.8. The van der Waals surface area contributed by atoms with Gasteiger partial charge in [-0.3, -0.25) is 9.59 Å². The second-order valence-corrected chi connectivity index (χ2v) is 8.47. The summed E-state index contributed by atoms with van der Waals surface area (Å²) in [5.74, 6) is 1.72. The number of hydrogen-bond donors (Lipinski definition) is 1. The molecule has 6 heteroatoms. The fraction of sp³-hybridized carbons (Fsp3) is 0.222. The van der Waals surface area contributed by atoms with Crippen molar-refractivity contribution < 1.29 is 14.3 Å². The molecule has 1 aromatic heterocycles. The van der Waals surface area contributed by atoms with Crippen molar-refractivity contribution in [2.75, 3.05) is 12.4 Å². The van der Waals surface area contributed by atoms with Gasteiger partial charge in [0.1, 0.15) is 17.4 Å². The maximum Gasteiger partial charge on any atom is 0.229 e. The highest BCUT2D eigenvalue weighted by molar-refractivity contribution is 5.96. The molecule has 1 heterocycles. The van der Waals surface area contributed by atoms with E-state index >= 15 is 0 Å². The number of nitrogens with zero attached hydrogens (tertiary/aromatic N) is 2. The second kappa shape index (κ2) is 8.90. The highest BCUT2D eigenvalue weighted by atomic mass is 16.5. The number of amides is 1. The number of hydrogen-bond acceptors (Lipinski definition) is 4. The summed E-state index contributed by atoms with van der Waals surface area (Å²) in [6, 6.07) is 23.8. The minimum atomic E-state index is -0.0986. The van der Waals surface area contributed by atoms with Gasteiger partial charge in [-0.1, -0.05) is 54.6 Å². The van der Waals surface area contributed by atoms with Gasteiger partial charge in [-0.05, 0) is 34.0 Å². The predicted molar refractivity (Wildman–Crippen MR) is 128 cm³/mol. The Labute approximate surface area is 192 Å². The maximum absolute atomic E-state index is 13.0. The van der Waals surface area contributed by atoms with E-state index in [1.165, 1.54) is 0 Å². The minimum absolute atomic E-state index is 0.0986. The molecule has 166 valence electrons. The van der Waals surface area contributed by atoms with E-state index in [9.17, 15) is 9.59 Å². The summed E-state index contributed by atoms with van der Waals surface area (Å²) in [7, 11) is 1.64. The lowest BCUT2D eigenvalue weighted by Crippen LogP contribution is -2.21. The van der Waals surface area contributed by atoms with Gasteiger partial charge < -0.3 is 10.1 Å². The first kappa shape index (κ1) is 20.9. The lowest BCUT2D eigenvalue weighted by atomic mass is 9.82. The summed E-state index contributed by atoms with van der Waals surface area (Å²) in [5.41, 5.74) is 2.87. The Morgan fingerprint density at radius 2 is 1.82 bits per heavy atom. The standard InChI is InChI=1S/C27H25N3O3/c1-33-23-11-9-18(10-12-23)17-30-26(16-25(29-30)21-13-22(31)14-21)28-27(32)15-20-7-4-6-19-5-2-3-8-24(19)20/h2-12,16,21H,13-15,17H2,1H3,(H,28,32). The summed E-state index contributed by atoms with van der Waals surface area (Å²) in [6.45, 7) is 0.508. The number of carbonyl (C=O) groups is 2.